The predicted octanol–water partition coefficient (Wildman–Crippen LogP) is 5.12. The molecule has 0 aliphatic heterocycles. The molecule has 0 radical (unpaired) electrons. The molecule has 0 atom stereocenters. The summed E-state index contributed by atoms with van der Waals surface area (Å²) in [5.41, 5.74) is 5.41. The van der Waals surface area contributed by atoms with Crippen LogP contribution in [-0.2, 0) is 6.54 Å². The summed E-state index contributed by atoms with van der Waals surface area (Å²) in [7, 11) is 0. The van der Waals surface area contributed by atoms with Gasteiger partial charge in [-0.05, 0) is 80.4 Å². The highest BCUT2D eigenvalue weighted by atomic mass is 15.0. The first-order chi connectivity index (χ1) is 12.2. The van der Waals surface area contributed by atoms with E-state index in [0.717, 1.165) is 24.3 Å². The first-order valence-corrected chi connectivity index (χ1v) is 9.95. The van der Waals surface area contributed by atoms with Crippen LogP contribution < -0.4 is 5.32 Å². The zero-order valence-electron chi connectivity index (χ0n) is 15.2. The van der Waals surface area contributed by atoms with E-state index >= 15 is 0 Å². The Hall–Kier alpha value is -1.67. The molecule has 2 heteroatoms. The molecule has 4 bridgehead atoms. The molecule has 1 N–H and O–H groups in total. The van der Waals surface area contributed by atoms with Crippen LogP contribution in [0.4, 0.5) is 0 Å². The monoisotopic (exact) mass is 332 g/mol. The van der Waals surface area contributed by atoms with Gasteiger partial charge in [-0.3, -0.25) is 4.98 Å². The summed E-state index contributed by atoms with van der Waals surface area (Å²) < 4.78 is 0. The summed E-state index contributed by atoms with van der Waals surface area (Å²) in [5, 5.41) is 3.95. The minimum Gasteiger partial charge on any atom is -0.306 e. The van der Waals surface area contributed by atoms with E-state index in [1.54, 1.807) is 0 Å². The normalized spacial score (nSPS) is 32.9. The van der Waals surface area contributed by atoms with Crippen LogP contribution in [0.5, 0.6) is 0 Å². The van der Waals surface area contributed by atoms with Gasteiger partial charge in [-0.1, -0.05) is 30.3 Å². The lowest BCUT2D eigenvalue weighted by atomic mass is 9.53. The fourth-order valence-corrected chi connectivity index (χ4v) is 6.19. The van der Waals surface area contributed by atoms with E-state index in [2.05, 4.69) is 48.6 Å². The molecule has 0 unspecified atom stereocenters. The number of nitrogens with zero attached hydrogens (tertiary/aromatic N) is 1. The Labute approximate surface area is 151 Å². The van der Waals surface area contributed by atoms with Gasteiger partial charge in [0.1, 0.15) is 0 Å². The molecule has 4 aliphatic carbocycles. The molecule has 6 rings (SSSR count). The highest BCUT2D eigenvalue weighted by molar-refractivity contribution is 5.66. The summed E-state index contributed by atoms with van der Waals surface area (Å²) in [6.07, 6.45) is 10.8. The van der Waals surface area contributed by atoms with Crippen molar-refractivity contribution >= 4 is 0 Å². The molecule has 4 fully saturated rings. The maximum absolute atomic E-state index is 4.75. The summed E-state index contributed by atoms with van der Waals surface area (Å²) in [6.45, 7) is 3.08. The number of rotatable bonds is 4. The molecule has 25 heavy (non-hydrogen) atoms. The van der Waals surface area contributed by atoms with E-state index in [1.165, 1.54) is 60.9 Å². The fraction of sp³-hybridized carbons (Fsp3) is 0.522. The summed E-state index contributed by atoms with van der Waals surface area (Å²) >= 11 is 0. The number of pyridine rings is 1. The lowest BCUT2D eigenvalue weighted by Gasteiger charge is -2.57. The molecule has 2 nitrogen and oxygen atoms in total. The van der Waals surface area contributed by atoms with Crippen LogP contribution in [0.15, 0.2) is 42.6 Å². The van der Waals surface area contributed by atoms with Gasteiger partial charge < -0.3 is 5.32 Å². The van der Waals surface area contributed by atoms with Crippen LogP contribution in [0.25, 0.3) is 11.1 Å². The topological polar surface area (TPSA) is 24.9 Å². The third-order valence-electron chi connectivity index (χ3n) is 6.96. The molecule has 1 aromatic heterocycles. The van der Waals surface area contributed by atoms with Gasteiger partial charge in [0.05, 0.1) is 5.69 Å². The van der Waals surface area contributed by atoms with Crippen LogP contribution in [0, 0.1) is 24.7 Å². The van der Waals surface area contributed by atoms with Crippen molar-refractivity contribution in [3.63, 3.8) is 0 Å². The van der Waals surface area contributed by atoms with E-state index in [1.807, 2.05) is 6.20 Å². The number of hydrogen-bond acceptors (Lipinski definition) is 2. The summed E-state index contributed by atoms with van der Waals surface area (Å²) in [6, 6.07) is 13.0. The average molecular weight is 332 g/mol. The van der Waals surface area contributed by atoms with Crippen LogP contribution in [-0.4, -0.2) is 10.5 Å². The highest BCUT2D eigenvalue weighted by Gasteiger charge is 2.50. The number of aryl methyl sites for hydroxylation is 1. The zero-order valence-corrected chi connectivity index (χ0v) is 15.2. The van der Waals surface area contributed by atoms with Crippen molar-refractivity contribution in [3.05, 3.63) is 53.9 Å². The molecule has 1 aromatic carbocycles. The summed E-state index contributed by atoms with van der Waals surface area (Å²) in [5.74, 6) is 2.99. The second-order valence-electron chi connectivity index (χ2n) is 8.90. The van der Waals surface area contributed by atoms with E-state index < -0.39 is 0 Å². The molecular formula is C23H28N2. The van der Waals surface area contributed by atoms with Crippen molar-refractivity contribution in [1.29, 1.82) is 0 Å². The largest absolute Gasteiger partial charge is 0.306 e. The zero-order chi connectivity index (χ0) is 16.9. The van der Waals surface area contributed by atoms with Crippen molar-refractivity contribution < 1.29 is 0 Å². The lowest BCUT2D eigenvalue weighted by molar-refractivity contribution is -0.0207. The Morgan fingerprint density at radius 1 is 0.960 bits per heavy atom. The Balaban J connectivity index is 1.28. The molecule has 4 saturated carbocycles. The number of benzene rings is 1. The molecule has 4 aliphatic rings. The molecule has 0 amide bonds. The Kier molecular flexibility index (Phi) is 3.71. The number of nitrogens with one attached hydrogen (secondary N) is 1. The quantitative estimate of drug-likeness (QED) is 0.841. The molecule has 130 valence electrons. The van der Waals surface area contributed by atoms with Crippen LogP contribution >= 0.6 is 0 Å². The molecule has 1 heterocycles. The second kappa shape index (κ2) is 5.95. The van der Waals surface area contributed by atoms with Gasteiger partial charge in [-0.2, -0.15) is 0 Å². The second-order valence-corrected chi connectivity index (χ2v) is 8.90. The average Bonchev–Trinajstić information content (AvgIpc) is 2.60. The van der Waals surface area contributed by atoms with Gasteiger partial charge in [-0.15, -0.1) is 0 Å². The third kappa shape index (κ3) is 2.91. The van der Waals surface area contributed by atoms with E-state index in [0.29, 0.717) is 5.54 Å². The highest BCUT2D eigenvalue weighted by Crippen LogP contribution is 2.55. The van der Waals surface area contributed by atoms with Crippen LogP contribution in [0.1, 0.15) is 49.8 Å². The smallest absolute Gasteiger partial charge is 0.0542 e. The maximum Gasteiger partial charge on any atom is 0.0542 e. The molecule has 0 spiro atoms. The first kappa shape index (κ1) is 15.6. The van der Waals surface area contributed by atoms with Crippen molar-refractivity contribution in [2.45, 2.75) is 57.5 Å². The minimum atomic E-state index is 0.422. The minimum absolute atomic E-state index is 0.422. The maximum atomic E-state index is 4.75. The van der Waals surface area contributed by atoms with Crippen LogP contribution in [0.3, 0.4) is 0 Å². The Morgan fingerprint density at radius 3 is 2.24 bits per heavy atom. The van der Waals surface area contributed by atoms with Crippen LogP contribution in [0.2, 0.25) is 0 Å². The van der Waals surface area contributed by atoms with Gasteiger partial charge >= 0.3 is 0 Å². The molecular weight excluding hydrogens is 304 g/mol. The fourth-order valence-electron chi connectivity index (χ4n) is 6.19. The predicted molar refractivity (Wildman–Crippen MR) is 102 cm³/mol. The van der Waals surface area contributed by atoms with Crippen molar-refractivity contribution in [2.24, 2.45) is 17.8 Å². The SMILES string of the molecule is Cc1ccccc1-c1ccc(CNC23CC4CC(CC(C4)C2)C3)nc1. The Bertz CT molecular complexity index is 727. The number of aromatic nitrogens is 1. The standard InChI is InChI=1S/C23H28N2/c1-16-4-2-3-5-22(16)20-6-7-21(24-14-20)15-25-23-11-17-8-18(12-23)10-19(9-17)13-23/h2-7,14,17-19,25H,8-13,15H2,1H3. The lowest BCUT2D eigenvalue weighted by Crippen LogP contribution is -2.58. The Morgan fingerprint density at radius 2 is 1.64 bits per heavy atom. The first-order valence-electron chi connectivity index (χ1n) is 9.95. The van der Waals surface area contributed by atoms with E-state index in [9.17, 15) is 0 Å². The van der Waals surface area contributed by atoms with Gasteiger partial charge in [0.2, 0.25) is 0 Å². The van der Waals surface area contributed by atoms with Crippen molar-refractivity contribution in [1.82, 2.24) is 10.3 Å². The van der Waals surface area contributed by atoms with Crippen molar-refractivity contribution in [2.75, 3.05) is 0 Å². The van der Waals surface area contributed by atoms with Gasteiger partial charge in [-0.25, -0.2) is 0 Å². The van der Waals surface area contributed by atoms with E-state index in [4.69, 9.17) is 4.98 Å². The van der Waals surface area contributed by atoms with Crippen molar-refractivity contribution in [3.8, 4) is 11.1 Å². The third-order valence-corrected chi connectivity index (χ3v) is 6.96. The summed E-state index contributed by atoms with van der Waals surface area (Å²) in [4.78, 5) is 4.75. The van der Waals surface area contributed by atoms with Gasteiger partial charge in [0.15, 0.2) is 0 Å². The van der Waals surface area contributed by atoms with E-state index in [-0.39, 0.29) is 0 Å². The van der Waals surface area contributed by atoms with Gasteiger partial charge in [0.25, 0.3) is 0 Å². The molecule has 2 aromatic rings. The number of hydrogen-bond donors (Lipinski definition) is 1. The van der Waals surface area contributed by atoms with Gasteiger partial charge in [0, 0.05) is 23.8 Å². The molecule has 0 saturated heterocycles.